The average Bonchev–Trinajstić information content (AvgIpc) is 2.83. The number of amides is 1. The molecule has 3 aromatic rings. The third-order valence-corrected chi connectivity index (χ3v) is 6.28. The summed E-state index contributed by atoms with van der Waals surface area (Å²) in [6, 6.07) is 20.7. The molecule has 0 aliphatic carbocycles. The van der Waals surface area contributed by atoms with Crippen molar-refractivity contribution >= 4 is 23.6 Å². The van der Waals surface area contributed by atoms with Crippen LogP contribution in [-0.2, 0) is 22.7 Å². The molecule has 3 rings (SSSR count). The number of carbonyl (C=O) groups excluding carboxylic acids is 1. The van der Waals surface area contributed by atoms with Crippen LogP contribution < -0.4 is 5.32 Å². The van der Waals surface area contributed by atoms with Gasteiger partial charge in [0.1, 0.15) is 6.04 Å². The van der Waals surface area contributed by atoms with Crippen LogP contribution >= 0.6 is 11.8 Å². The number of thioether (sulfide) groups is 1. The highest BCUT2D eigenvalue weighted by Crippen LogP contribution is 2.29. The second kappa shape index (κ2) is 12.4. The molecule has 0 spiro atoms. The molecule has 0 saturated carbocycles. The molecule has 5 nitrogen and oxygen atoms in total. The monoisotopic (exact) mass is 477 g/mol. The van der Waals surface area contributed by atoms with E-state index in [1.807, 2.05) is 49.6 Å². The first-order chi connectivity index (χ1) is 16.4. The largest absolute Gasteiger partial charge is 0.480 e. The van der Waals surface area contributed by atoms with Crippen molar-refractivity contribution in [2.45, 2.75) is 39.5 Å². The van der Waals surface area contributed by atoms with E-state index in [0.29, 0.717) is 31.0 Å². The Labute approximate surface area is 205 Å². The van der Waals surface area contributed by atoms with Crippen LogP contribution in [-0.4, -0.2) is 35.0 Å². The van der Waals surface area contributed by atoms with Crippen molar-refractivity contribution < 1.29 is 19.4 Å². The number of nitrogens with one attached hydrogen (secondary N) is 1. The maximum Gasteiger partial charge on any atom is 0.326 e. The van der Waals surface area contributed by atoms with Crippen LogP contribution in [0.25, 0.3) is 11.1 Å². The molecular formula is C28H31NO4S. The zero-order chi connectivity index (χ0) is 24.5. The maximum atomic E-state index is 13.2. The Morgan fingerprint density at radius 3 is 2.29 bits per heavy atom. The molecule has 3 aromatic carbocycles. The van der Waals surface area contributed by atoms with Crippen LogP contribution in [0.5, 0.6) is 0 Å². The van der Waals surface area contributed by atoms with Gasteiger partial charge < -0.3 is 15.2 Å². The van der Waals surface area contributed by atoms with Crippen molar-refractivity contribution in [3.05, 3.63) is 94.5 Å². The van der Waals surface area contributed by atoms with Gasteiger partial charge in [-0.25, -0.2) is 4.79 Å². The fraction of sp³-hybridized carbons (Fsp3) is 0.286. The highest BCUT2D eigenvalue weighted by Gasteiger charge is 2.22. The summed E-state index contributed by atoms with van der Waals surface area (Å²) in [6.07, 6.45) is 2.28. The molecule has 34 heavy (non-hydrogen) atoms. The van der Waals surface area contributed by atoms with Gasteiger partial charge in [-0.05, 0) is 72.2 Å². The quantitative estimate of drug-likeness (QED) is 0.375. The number of carbonyl (C=O) groups is 2. The molecule has 0 unspecified atom stereocenters. The first-order valence-corrected chi connectivity index (χ1v) is 12.6. The predicted molar refractivity (Wildman–Crippen MR) is 138 cm³/mol. The molecule has 1 amide bonds. The van der Waals surface area contributed by atoms with Gasteiger partial charge in [0.2, 0.25) is 0 Å². The number of carboxylic acids is 1. The van der Waals surface area contributed by atoms with Gasteiger partial charge in [-0.15, -0.1) is 0 Å². The third kappa shape index (κ3) is 6.95. The number of rotatable bonds is 11. The van der Waals surface area contributed by atoms with E-state index in [4.69, 9.17) is 4.74 Å². The van der Waals surface area contributed by atoms with E-state index in [1.165, 1.54) is 5.56 Å². The van der Waals surface area contributed by atoms with Gasteiger partial charge in [-0.1, -0.05) is 60.2 Å². The predicted octanol–water partition coefficient (Wildman–Crippen LogP) is 5.62. The molecule has 0 aliphatic rings. The third-order valence-electron chi connectivity index (χ3n) is 5.64. The zero-order valence-corrected chi connectivity index (χ0v) is 20.7. The highest BCUT2D eigenvalue weighted by atomic mass is 32.2. The van der Waals surface area contributed by atoms with Gasteiger partial charge in [0.25, 0.3) is 5.91 Å². The number of benzene rings is 3. The van der Waals surface area contributed by atoms with E-state index in [1.54, 1.807) is 17.8 Å². The minimum atomic E-state index is -1.03. The number of ether oxygens (including phenoxy) is 1. The highest BCUT2D eigenvalue weighted by molar-refractivity contribution is 7.98. The van der Waals surface area contributed by atoms with E-state index in [9.17, 15) is 14.7 Å². The van der Waals surface area contributed by atoms with Crippen LogP contribution in [0, 0.1) is 13.8 Å². The summed E-state index contributed by atoms with van der Waals surface area (Å²) < 4.78 is 5.93. The van der Waals surface area contributed by atoms with Gasteiger partial charge in [-0.2, -0.15) is 11.8 Å². The lowest BCUT2D eigenvalue weighted by atomic mass is 9.93. The van der Waals surface area contributed by atoms with Gasteiger partial charge in [0, 0.05) is 5.56 Å². The summed E-state index contributed by atoms with van der Waals surface area (Å²) in [6.45, 7) is 4.95. The van der Waals surface area contributed by atoms with Crippen molar-refractivity contribution in [3.8, 4) is 11.1 Å². The van der Waals surface area contributed by atoms with Crippen LogP contribution in [0.15, 0.2) is 66.7 Å². The van der Waals surface area contributed by atoms with E-state index in [-0.39, 0.29) is 5.91 Å². The average molecular weight is 478 g/mol. The SMILES string of the molecule is CSCC[C@H](NC(=O)c1ccc(COCc2ccc(C)cc2)cc1-c1ccccc1C)C(=O)O. The summed E-state index contributed by atoms with van der Waals surface area (Å²) in [4.78, 5) is 24.8. The van der Waals surface area contributed by atoms with Gasteiger partial charge in [0.05, 0.1) is 13.2 Å². The van der Waals surface area contributed by atoms with Crippen molar-refractivity contribution in [2.24, 2.45) is 0 Å². The number of aliphatic carboxylic acids is 1. The first kappa shape index (κ1) is 25.5. The number of carboxylic acid groups (broad SMARTS) is 1. The van der Waals surface area contributed by atoms with Gasteiger partial charge in [0.15, 0.2) is 0 Å². The maximum absolute atomic E-state index is 13.2. The number of hydrogen-bond acceptors (Lipinski definition) is 4. The Morgan fingerprint density at radius 1 is 0.941 bits per heavy atom. The Balaban J connectivity index is 1.84. The summed E-state index contributed by atoms with van der Waals surface area (Å²) in [7, 11) is 0. The first-order valence-electron chi connectivity index (χ1n) is 11.2. The Morgan fingerprint density at radius 2 is 1.62 bits per heavy atom. The minimum Gasteiger partial charge on any atom is -0.480 e. The fourth-order valence-corrected chi connectivity index (χ4v) is 4.15. The normalized spacial score (nSPS) is 11.7. The lowest BCUT2D eigenvalue weighted by Crippen LogP contribution is -2.41. The molecule has 0 aromatic heterocycles. The molecule has 1 atom stereocenters. The molecule has 6 heteroatoms. The number of hydrogen-bond donors (Lipinski definition) is 2. The molecular weight excluding hydrogens is 446 g/mol. The molecule has 0 heterocycles. The molecule has 0 aliphatic heterocycles. The molecule has 0 saturated heterocycles. The Kier molecular flexibility index (Phi) is 9.31. The summed E-state index contributed by atoms with van der Waals surface area (Å²) in [5.74, 6) is -0.765. The molecule has 178 valence electrons. The van der Waals surface area contributed by atoms with E-state index >= 15 is 0 Å². The van der Waals surface area contributed by atoms with Crippen LogP contribution in [0.2, 0.25) is 0 Å². The van der Waals surface area contributed by atoms with E-state index in [2.05, 4.69) is 36.5 Å². The van der Waals surface area contributed by atoms with Crippen molar-refractivity contribution in [2.75, 3.05) is 12.0 Å². The minimum absolute atomic E-state index is 0.368. The molecule has 2 N–H and O–H groups in total. The van der Waals surface area contributed by atoms with Crippen LogP contribution in [0.3, 0.4) is 0 Å². The number of aryl methyl sites for hydroxylation is 2. The standard InChI is InChI=1S/C28H31NO4S/c1-19-8-10-21(11-9-19)17-33-18-22-12-13-24(25(16-22)23-7-5-4-6-20(23)2)27(30)29-26(28(31)32)14-15-34-3/h4-13,16,26H,14-15,17-18H2,1-3H3,(H,29,30)(H,31,32)/t26-/m0/s1. The summed E-state index contributed by atoms with van der Waals surface area (Å²) >= 11 is 1.55. The lowest BCUT2D eigenvalue weighted by molar-refractivity contribution is -0.139. The molecule has 0 fully saturated rings. The van der Waals surface area contributed by atoms with Crippen LogP contribution in [0.1, 0.15) is 39.0 Å². The van der Waals surface area contributed by atoms with Crippen molar-refractivity contribution in [3.63, 3.8) is 0 Å². The Bertz CT molecular complexity index is 1130. The summed E-state index contributed by atoms with van der Waals surface area (Å²) in [5.41, 5.74) is 6.44. The smallest absolute Gasteiger partial charge is 0.326 e. The van der Waals surface area contributed by atoms with E-state index in [0.717, 1.165) is 27.8 Å². The van der Waals surface area contributed by atoms with Crippen molar-refractivity contribution in [1.29, 1.82) is 0 Å². The molecule has 0 radical (unpaired) electrons. The van der Waals surface area contributed by atoms with Gasteiger partial charge >= 0.3 is 5.97 Å². The Hall–Kier alpha value is -3.09. The zero-order valence-electron chi connectivity index (χ0n) is 19.8. The van der Waals surface area contributed by atoms with Crippen molar-refractivity contribution in [1.82, 2.24) is 5.32 Å². The second-order valence-corrected chi connectivity index (χ2v) is 9.30. The van der Waals surface area contributed by atoms with Crippen LogP contribution in [0.4, 0.5) is 0 Å². The summed E-state index contributed by atoms with van der Waals surface area (Å²) in [5, 5.41) is 12.2. The van der Waals surface area contributed by atoms with Gasteiger partial charge in [-0.3, -0.25) is 4.79 Å². The second-order valence-electron chi connectivity index (χ2n) is 8.32. The lowest BCUT2D eigenvalue weighted by Gasteiger charge is -2.18. The van der Waals surface area contributed by atoms with E-state index < -0.39 is 12.0 Å². The topological polar surface area (TPSA) is 75.6 Å². The fourth-order valence-electron chi connectivity index (χ4n) is 3.68. The molecule has 0 bridgehead atoms.